The molecule has 18 heavy (non-hydrogen) atoms. The summed E-state index contributed by atoms with van der Waals surface area (Å²) in [4.78, 5) is 0. The van der Waals surface area contributed by atoms with E-state index in [1.54, 1.807) is 14.2 Å². The first-order chi connectivity index (χ1) is 8.34. The number of rotatable bonds is 3. The predicted molar refractivity (Wildman–Crippen MR) is 78.7 cm³/mol. The van der Waals surface area contributed by atoms with Crippen molar-refractivity contribution >= 4 is 23.0 Å². The van der Waals surface area contributed by atoms with Gasteiger partial charge in [-0.15, -0.1) is 0 Å². The number of anilines is 1. The van der Waals surface area contributed by atoms with Crippen molar-refractivity contribution in [2.45, 2.75) is 26.3 Å². The minimum Gasteiger partial charge on any atom is -0.497 e. The molecule has 0 aliphatic rings. The summed E-state index contributed by atoms with van der Waals surface area (Å²) >= 11 is 5.24. The van der Waals surface area contributed by atoms with Gasteiger partial charge >= 0.3 is 0 Å². The minimum atomic E-state index is -0.0764. The molecule has 0 aliphatic heterocycles. The molecule has 2 N–H and O–H groups in total. The first kappa shape index (κ1) is 14.6. The van der Waals surface area contributed by atoms with Crippen LogP contribution in [0.4, 0.5) is 5.69 Å². The highest BCUT2D eigenvalue weighted by atomic mass is 32.1. The molecule has 0 amide bonds. The summed E-state index contributed by atoms with van der Waals surface area (Å²) in [5.74, 6) is 1.44. The fraction of sp³-hybridized carbons (Fsp3) is 0.462. The average Bonchev–Trinajstić information content (AvgIpc) is 2.25. The van der Waals surface area contributed by atoms with E-state index < -0.39 is 0 Å². The van der Waals surface area contributed by atoms with Crippen LogP contribution < -0.4 is 20.1 Å². The maximum atomic E-state index is 5.24. The third kappa shape index (κ3) is 4.79. The van der Waals surface area contributed by atoms with E-state index in [1.807, 2.05) is 39.0 Å². The highest BCUT2D eigenvalue weighted by Gasteiger charge is 2.11. The van der Waals surface area contributed by atoms with Crippen molar-refractivity contribution in [3.63, 3.8) is 0 Å². The molecule has 0 heterocycles. The van der Waals surface area contributed by atoms with Gasteiger partial charge in [0.25, 0.3) is 0 Å². The quantitative estimate of drug-likeness (QED) is 0.825. The molecule has 5 heteroatoms. The minimum absolute atomic E-state index is 0.0764. The summed E-state index contributed by atoms with van der Waals surface area (Å²) in [5, 5.41) is 6.86. The largest absolute Gasteiger partial charge is 0.497 e. The topological polar surface area (TPSA) is 42.5 Å². The van der Waals surface area contributed by atoms with Crippen molar-refractivity contribution in [1.82, 2.24) is 5.32 Å². The molecule has 1 rings (SSSR count). The second-order valence-corrected chi connectivity index (χ2v) is 5.34. The van der Waals surface area contributed by atoms with E-state index in [9.17, 15) is 0 Å². The molecular formula is C13H20N2O2S. The summed E-state index contributed by atoms with van der Waals surface area (Å²) in [6.45, 7) is 6.15. The number of nitrogens with one attached hydrogen (secondary N) is 2. The smallest absolute Gasteiger partial charge is 0.171 e. The van der Waals surface area contributed by atoms with Crippen molar-refractivity contribution in [3.8, 4) is 11.5 Å². The van der Waals surface area contributed by atoms with Crippen molar-refractivity contribution in [2.75, 3.05) is 19.5 Å². The summed E-state index contributed by atoms with van der Waals surface area (Å²) in [5.41, 5.74) is 0.750. The molecule has 1 aromatic rings. The Labute approximate surface area is 114 Å². The molecule has 0 atom stereocenters. The third-order valence-corrected chi connectivity index (χ3v) is 2.30. The van der Waals surface area contributed by atoms with Gasteiger partial charge in [-0.25, -0.2) is 0 Å². The van der Waals surface area contributed by atoms with E-state index >= 15 is 0 Å². The zero-order chi connectivity index (χ0) is 13.8. The maximum Gasteiger partial charge on any atom is 0.171 e. The van der Waals surface area contributed by atoms with Crippen LogP contribution >= 0.6 is 12.2 Å². The lowest BCUT2D eigenvalue weighted by Crippen LogP contribution is -2.42. The Balaban J connectivity index is 2.80. The van der Waals surface area contributed by atoms with Crippen LogP contribution in [-0.2, 0) is 0 Å². The molecule has 4 nitrogen and oxygen atoms in total. The highest BCUT2D eigenvalue weighted by Crippen LogP contribution is 2.25. The van der Waals surface area contributed by atoms with Crippen LogP contribution in [0.25, 0.3) is 0 Å². The summed E-state index contributed by atoms with van der Waals surface area (Å²) in [6, 6.07) is 5.53. The third-order valence-electron chi connectivity index (χ3n) is 2.10. The van der Waals surface area contributed by atoms with Crippen molar-refractivity contribution in [1.29, 1.82) is 0 Å². The van der Waals surface area contributed by atoms with Gasteiger partial charge < -0.3 is 20.1 Å². The lowest BCUT2D eigenvalue weighted by Gasteiger charge is -2.23. The van der Waals surface area contributed by atoms with Crippen molar-refractivity contribution < 1.29 is 9.47 Å². The van der Waals surface area contributed by atoms with E-state index in [1.165, 1.54) is 0 Å². The zero-order valence-corrected chi connectivity index (χ0v) is 12.3. The van der Waals surface area contributed by atoms with Crippen LogP contribution in [0.1, 0.15) is 20.8 Å². The van der Waals surface area contributed by atoms with Crippen LogP contribution in [-0.4, -0.2) is 24.9 Å². The van der Waals surface area contributed by atoms with Gasteiger partial charge in [-0.05, 0) is 33.0 Å². The van der Waals surface area contributed by atoms with Gasteiger partial charge in [0.05, 0.1) is 14.2 Å². The van der Waals surface area contributed by atoms with Crippen LogP contribution in [0.3, 0.4) is 0 Å². The zero-order valence-electron chi connectivity index (χ0n) is 11.5. The van der Waals surface area contributed by atoms with Gasteiger partial charge in [-0.2, -0.15) is 0 Å². The second kappa shape index (κ2) is 5.91. The number of hydrogen-bond donors (Lipinski definition) is 2. The van der Waals surface area contributed by atoms with Crippen molar-refractivity contribution in [3.05, 3.63) is 18.2 Å². The maximum absolute atomic E-state index is 5.24. The van der Waals surface area contributed by atoms with Crippen LogP contribution in [0.5, 0.6) is 11.5 Å². The van der Waals surface area contributed by atoms with E-state index in [2.05, 4.69) is 10.6 Å². The van der Waals surface area contributed by atoms with Gasteiger partial charge in [0.1, 0.15) is 11.5 Å². The summed E-state index contributed by atoms with van der Waals surface area (Å²) in [6.07, 6.45) is 0. The van der Waals surface area contributed by atoms with Gasteiger partial charge in [0.15, 0.2) is 5.11 Å². The molecule has 0 aliphatic carbocycles. The molecule has 0 spiro atoms. The molecule has 0 unspecified atom stereocenters. The Hall–Kier alpha value is -1.49. The van der Waals surface area contributed by atoms with Crippen LogP contribution in [0, 0.1) is 0 Å². The number of ether oxygens (including phenoxy) is 2. The normalized spacial score (nSPS) is 10.7. The first-order valence-corrected chi connectivity index (χ1v) is 6.07. The summed E-state index contributed by atoms with van der Waals surface area (Å²) < 4.78 is 10.4. The Morgan fingerprint density at radius 1 is 1.06 bits per heavy atom. The Morgan fingerprint density at radius 2 is 1.56 bits per heavy atom. The molecule has 0 aromatic heterocycles. The van der Waals surface area contributed by atoms with E-state index in [0.717, 1.165) is 17.2 Å². The van der Waals surface area contributed by atoms with Gasteiger partial charge in [-0.3, -0.25) is 0 Å². The lowest BCUT2D eigenvalue weighted by atomic mass is 10.1. The number of methoxy groups -OCH3 is 2. The molecule has 0 bridgehead atoms. The molecule has 0 radical (unpaired) electrons. The van der Waals surface area contributed by atoms with Crippen molar-refractivity contribution in [2.24, 2.45) is 0 Å². The van der Waals surface area contributed by atoms with E-state index in [0.29, 0.717) is 5.11 Å². The van der Waals surface area contributed by atoms with Crippen LogP contribution in [0.2, 0.25) is 0 Å². The monoisotopic (exact) mass is 268 g/mol. The Bertz CT molecular complexity index is 405. The highest BCUT2D eigenvalue weighted by molar-refractivity contribution is 7.80. The Kier molecular flexibility index (Phi) is 4.78. The predicted octanol–water partition coefficient (Wildman–Crippen LogP) is 2.79. The summed E-state index contributed by atoms with van der Waals surface area (Å²) in [7, 11) is 3.23. The lowest BCUT2D eigenvalue weighted by molar-refractivity contribution is 0.395. The van der Waals surface area contributed by atoms with Crippen LogP contribution in [0.15, 0.2) is 18.2 Å². The Morgan fingerprint density at radius 3 is 1.94 bits per heavy atom. The molecule has 1 aromatic carbocycles. The van der Waals surface area contributed by atoms with Gasteiger partial charge in [-0.1, -0.05) is 0 Å². The van der Waals surface area contributed by atoms with Gasteiger partial charge in [0, 0.05) is 29.4 Å². The molecule has 0 saturated heterocycles. The average molecular weight is 268 g/mol. The fourth-order valence-electron chi connectivity index (χ4n) is 1.38. The molecular weight excluding hydrogens is 248 g/mol. The SMILES string of the molecule is COc1cc(NC(=S)NC(C)(C)C)cc(OC)c1. The molecule has 0 saturated carbocycles. The number of benzene rings is 1. The van der Waals surface area contributed by atoms with E-state index in [-0.39, 0.29) is 5.54 Å². The number of hydrogen-bond acceptors (Lipinski definition) is 3. The van der Waals surface area contributed by atoms with Gasteiger partial charge in [0.2, 0.25) is 0 Å². The molecule has 0 fully saturated rings. The first-order valence-electron chi connectivity index (χ1n) is 5.66. The second-order valence-electron chi connectivity index (χ2n) is 4.93. The standard InChI is InChI=1S/C13H20N2O2S/c1-13(2,3)15-12(18)14-9-6-10(16-4)8-11(7-9)17-5/h6-8H,1-5H3,(H2,14,15,18). The number of thiocarbonyl (C=S) groups is 1. The van der Waals surface area contributed by atoms with E-state index in [4.69, 9.17) is 21.7 Å². The fourth-order valence-corrected chi connectivity index (χ4v) is 1.81. The molecule has 100 valence electrons.